The van der Waals surface area contributed by atoms with E-state index in [1.807, 2.05) is 0 Å². The van der Waals surface area contributed by atoms with Crippen molar-refractivity contribution < 1.29 is 17.6 Å². The van der Waals surface area contributed by atoms with Crippen molar-refractivity contribution in [3.63, 3.8) is 0 Å². The van der Waals surface area contributed by atoms with Gasteiger partial charge in [-0.25, -0.2) is 17.1 Å². The predicted octanol–water partition coefficient (Wildman–Crippen LogP) is 3.41. The van der Waals surface area contributed by atoms with Gasteiger partial charge < -0.3 is 0 Å². The third-order valence-corrected chi connectivity index (χ3v) is 7.84. The summed E-state index contributed by atoms with van der Waals surface area (Å²) in [5.74, 6) is -0.120. The van der Waals surface area contributed by atoms with Gasteiger partial charge in [-0.2, -0.15) is 0 Å². The predicted molar refractivity (Wildman–Crippen MR) is 120 cm³/mol. The molecule has 1 aliphatic rings. The molecule has 11 heteroatoms. The SMILES string of the molecule is O=C1c2ccccc2S(=O)(=O)N1CCSc1nnc(-c2ccncc2)n1-c1ccc(F)cc1. The number of thioether (sulfide) groups is 1. The molecule has 166 valence electrons. The third-order valence-electron chi connectivity index (χ3n) is 5.09. The first kappa shape index (κ1) is 21.3. The first-order valence-corrected chi connectivity index (χ1v) is 12.3. The smallest absolute Gasteiger partial charge is 0.269 e. The van der Waals surface area contributed by atoms with Crippen LogP contribution in [0, 0.1) is 5.82 Å². The van der Waals surface area contributed by atoms with Crippen molar-refractivity contribution in [1.29, 1.82) is 0 Å². The van der Waals surface area contributed by atoms with Crippen molar-refractivity contribution in [2.75, 3.05) is 12.3 Å². The molecule has 0 saturated carbocycles. The average molecular weight is 482 g/mol. The summed E-state index contributed by atoms with van der Waals surface area (Å²) in [6.07, 6.45) is 3.26. The summed E-state index contributed by atoms with van der Waals surface area (Å²) in [6, 6.07) is 15.6. The Balaban J connectivity index is 1.42. The van der Waals surface area contributed by atoms with Crippen LogP contribution in [0.2, 0.25) is 0 Å². The van der Waals surface area contributed by atoms with Gasteiger partial charge >= 0.3 is 0 Å². The largest absolute Gasteiger partial charge is 0.270 e. The van der Waals surface area contributed by atoms with Crippen LogP contribution in [0.1, 0.15) is 10.4 Å². The number of halogens is 1. The van der Waals surface area contributed by atoms with Gasteiger partial charge in [-0.1, -0.05) is 23.9 Å². The Bertz CT molecular complexity index is 1440. The fourth-order valence-electron chi connectivity index (χ4n) is 3.55. The van der Waals surface area contributed by atoms with Gasteiger partial charge in [-0.15, -0.1) is 10.2 Å². The highest BCUT2D eigenvalue weighted by Gasteiger charge is 2.40. The maximum atomic E-state index is 13.5. The van der Waals surface area contributed by atoms with Crippen LogP contribution in [0.4, 0.5) is 4.39 Å². The van der Waals surface area contributed by atoms with E-state index in [-0.39, 0.29) is 28.6 Å². The number of pyridine rings is 1. The lowest BCUT2D eigenvalue weighted by Gasteiger charge is -2.15. The second kappa shape index (κ2) is 8.41. The Morgan fingerprint density at radius 2 is 1.67 bits per heavy atom. The van der Waals surface area contributed by atoms with Gasteiger partial charge in [0.2, 0.25) is 0 Å². The van der Waals surface area contributed by atoms with E-state index in [1.54, 1.807) is 53.4 Å². The zero-order valence-electron chi connectivity index (χ0n) is 17.0. The highest BCUT2D eigenvalue weighted by atomic mass is 32.2. The summed E-state index contributed by atoms with van der Waals surface area (Å²) in [4.78, 5) is 16.7. The van der Waals surface area contributed by atoms with Crippen molar-refractivity contribution in [3.8, 4) is 17.1 Å². The highest BCUT2D eigenvalue weighted by Crippen LogP contribution is 2.32. The highest BCUT2D eigenvalue weighted by molar-refractivity contribution is 7.99. The fraction of sp³-hybridized carbons (Fsp3) is 0.0909. The van der Waals surface area contributed by atoms with E-state index < -0.39 is 15.9 Å². The lowest BCUT2D eigenvalue weighted by atomic mass is 10.2. The number of sulfonamides is 1. The topological polar surface area (TPSA) is 98.1 Å². The molecule has 0 fully saturated rings. The molecular weight excluding hydrogens is 465 g/mol. The zero-order chi connectivity index (χ0) is 23.0. The minimum absolute atomic E-state index is 0.0226. The molecule has 1 amide bonds. The minimum Gasteiger partial charge on any atom is -0.270 e. The Morgan fingerprint density at radius 3 is 2.39 bits per heavy atom. The molecule has 0 radical (unpaired) electrons. The van der Waals surface area contributed by atoms with Crippen LogP contribution < -0.4 is 0 Å². The summed E-state index contributed by atoms with van der Waals surface area (Å²) in [5, 5.41) is 9.02. The Kier molecular flexibility index (Phi) is 5.43. The van der Waals surface area contributed by atoms with Gasteiger partial charge in [-0.3, -0.25) is 14.3 Å². The lowest BCUT2D eigenvalue weighted by molar-refractivity contribution is 0.0876. The second-order valence-corrected chi connectivity index (χ2v) is 9.97. The van der Waals surface area contributed by atoms with Crippen molar-refractivity contribution in [2.45, 2.75) is 10.1 Å². The second-order valence-electron chi connectivity index (χ2n) is 7.08. The molecule has 2 aromatic carbocycles. The number of hydrogen-bond acceptors (Lipinski definition) is 7. The minimum atomic E-state index is -3.88. The monoisotopic (exact) mass is 481 g/mol. The molecule has 33 heavy (non-hydrogen) atoms. The van der Waals surface area contributed by atoms with Crippen LogP contribution in [0.25, 0.3) is 17.1 Å². The van der Waals surface area contributed by atoms with Gasteiger partial charge in [0.15, 0.2) is 11.0 Å². The molecule has 0 N–H and O–H groups in total. The third kappa shape index (κ3) is 3.79. The first-order valence-electron chi connectivity index (χ1n) is 9.87. The molecular formula is C22H16FN5O3S2. The van der Waals surface area contributed by atoms with Crippen LogP contribution in [-0.4, -0.2) is 50.7 Å². The summed E-state index contributed by atoms with van der Waals surface area (Å²) in [6.45, 7) is -0.0264. The maximum Gasteiger partial charge on any atom is 0.269 e. The Morgan fingerprint density at radius 1 is 0.939 bits per heavy atom. The van der Waals surface area contributed by atoms with E-state index in [1.165, 1.54) is 36.0 Å². The fourth-order valence-corrected chi connectivity index (χ4v) is 6.11. The summed E-state index contributed by atoms with van der Waals surface area (Å²) >= 11 is 1.25. The number of hydrogen-bond donors (Lipinski definition) is 0. The molecule has 2 aromatic heterocycles. The molecule has 4 aromatic rings. The average Bonchev–Trinajstić information content (AvgIpc) is 3.33. The van der Waals surface area contributed by atoms with Gasteiger partial charge in [0.25, 0.3) is 15.9 Å². The van der Waals surface area contributed by atoms with Crippen molar-refractivity contribution in [2.24, 2.45) is 0 Å². The van der Waals surface area contributed by atoms with Crippen LogP contribution in [0.5, 0.6) is 0 Å². The molecule has 0 spiro atoms. The summed E-state index contributed by atoms with van der Waals surface area (Å²) in [7, 11) is -3.88. The van der Waals surface area contributed by atoms with Gasteiger partial charge in [0.05, 0.1) is 5.56 Å². The molecule has 1 aliphatic heterocycles. The van der Waals surface area contributed by atoms with Crippen LogP contribution in [0.3, 0.4) is 0 Å². The normalized spacial score (nSPS) is 14.5. The number of nitrogens with zero attached hydrogens (tertiary/aromatic N) is 5. The molecule has 0 saturated heterocycles. The summed E-state index contributed by atoms with van der Waals surface area (Å²) in [5.41, 5.74) is 1.59. The quantitative estimate of drug-likeness (QED) is 0.389. The van der Waals surface area contributed by atoms with Gasteiger partial charge in [0, 0.05) is 35.9 Å². The van der Waals surface area contributed by atoms with Crippen LogP contribution in [0.15, 0.2) is 83.1 Å². The van der Waals surface area contributed by atoms with Crippen molar-refractivity contribution in [3.05, 3.63) is 84.4 Å². The van der Waals surface area contributed by atoms with E-state index in [9.17, 15) is 17.6 Å². The van der Waals surface area contributed by atoms with E-state index in [0.29, 0.717) is 16.7 Å². The van der Waals surface area contributed by atoms with Crippen LogP contribution in [-0.2, 0) is 10.0 Å². The van der Waals surface area contributed by atoms with E-state index in [4.69, 9.17) is 0 Å². The molecule has 0 bridgehead atoms. The van der Waals surface area contributed by atoms with Crippen LogP contribution >= 0.6 is 11.8 Å². The number of aromatic nitrogens is 4. The number of carbonyl (C=O) groups excluding carboxylic acids is 1. The standard InChI is InChI=1S/C22H16FN5O3S2/c23-16-5-7-17(8-6-16)28-20(15-9-11-24-12-10-15)25-26-22(28)32-14-13-27-21(29)18-3-1-2-4-19(18)33(27,30)31/h1-12H,13-14H2. The lowest BCUT2D eigenvalue weighted by Crippen LogP contribution is -2.32. The number of carbonyl (C=O) groups is 1. The van der Waals surface area contributed by atoms with Crippen molar-refractivity contribution >= 4 is 27.7 Å². The van der Waals surface area contributed by atoms with Gasteiger partial charge in [-0.05, 0) is 48.5 Å². The van der Waals surface area contributed by atoms with E-state index in [0.717, 1.165) is 9.87 Å². The number of benzene rings is 2. The van der Waals surface area contributed by atoms with Gasteiger partial charge in [0.1, 0.15) is 10.7 Å². The number of amides is 1. The molecule has 5 rings (SSSR count). The zero-order valence-corrected chi connectivity index (χ0v) is 18.6. The molecule has 0 atom stereocenters. The summed E-state index contributed by atoms with van der Waals surface area (Å²) < 4.78 is 41.7. The first-order chi connectivity index (χ1) is 16.0. The number of rotatable bonds is 6. The molecule has 3 heterocycles. The molecule has 0 aliphatic carbocycles. The number of fused-ring (bicyclic) bond motifs is 1. The molecule has 0 unspecified atom stereocenters. The Hall–Kier alpha value is -3.57. The molecule has 8 nitrogen and oxygen atoms in total. The van der Waals surface area contributed by atoms with E-state index in [2.05, 4.69) is 15.2 Å². The van der Waals surface area contributed by atoms with Crippen molar-refractivity contribution in [1.82, 2.24) is 24.1 Å². The van der Waals surface area contributed by atoms with E-state index >= 15 is 0 Å². The maximum absolute atomic E-state index is 13.5. The Labute approximate surface area is 193 Å².